The van der Waals surface area contributed by atoms with E-state index >= 15 is 0 Å². The fourth-order valence-electron chi connectivity index (χ4n) is 10.8. The van der Waals surface area contributed by atoms with E-state index in [1.54, 1.807) is 46.0 Å². The zero-order chi connectivity index (χ0) is 61.4. The molecule has 20 heteroatoms. The van der Waals surface area contributed by atoms with Gasteiger partial charge in [0, 0.05) is 111 Å². The maximum atomic E-state index is 9.44. The quantitative estimate of drug-likeness (QED) is 0.143. The molecule has 13 aromatic rings. The van der Waals surface area contributed by atoms with E-state index in [1.807, 2.05) is 84.3 Å². The number of imidazole rings is 1. The minimum atomic E-state index is 0. The molecular weight excluding hydrogens is 1880 g/mol. The van der Waals surface area contributed by atoms with Crippen molar-refractivity contribution < 1.29 is 80.4 Å². The number of thiophene rings is 1. The molecule has 0 bridgehead atoms. The summed E-state index contributed by atoms with van der Waals surface area (Å²) in [6.07, 6.45) is 4.97. The molecule has 0 fully saturated rings. The first-order chi connectivity index (χ1) is 42.8. The second-order valence-corrected chi connectivity index (χ2v) is 22.2. The number of aromatic nitrogens is 11. The van der Waals surface area contributed by atoms with Crippen LogP contribution in [0.4, 0.5) is 17.5 Å². The van der Waals surface area contributed by atoms with Gasteiger partial charge in [-0.15, -0.1) is 129 Å². The van der Waals surface area contributed by atoms with Crippen LogP contribution in [0, 0.1) is 96.9 Å². The largest absolute Gasteiger partial charge is 0.396 e. The third-order valence-corrected chi connectivity index (χ3v) is 16.1. The van der Waals surface area contributed by atoms with E-state index in [1.165, 1.54) is 38.6 Å². The molecule has 0 spiro atoms. The topological polar surface area (TPSA) is 147 Å². The van der Waals surface area contributed by atoms with Crippen molar-refractivity contribution in [3.05, 3.63) is 261 Å². The molecule has 5 aromatic heterocycles. The minimum Gasteiger partial charge on any atom is -0.396 e. The summed E-state index contributed by atoms with van der Waals surface area (Å²) in [7, 11) is 1.78. The summed E-state index contributed by atoms with van der Waals surface area (Å²) in [5.41, 5.74) is 15.0. The van der Waals surface area contributed by atoms with Crippen LogP contribution in [0.1, 0.15) is 57.9 Å². The Morgan fingerprint density at radius 1 is 0.554 bits per heavy atom. The van der Waals surface area contributed by atoms with Gasteiger partial charge >= 0.3 is 5.95 Å². The first kappa shape index (κ1) is 70.6. The molecule has 0 atom stereocenters. The summed E-state index contributed by atoms with van der Waals surface area (Å²) in [5.74, 6) is 4.87. The first-order valence-electron chi connectivity index (χ1n) is 28.3. The van der Waals surface area contributed by atoms with Crippen molar-refractivity contribution in [2.75, 3.05) is 0 Å². The van der Waals surface area contributed by atoms with Crippen LogP contribution < -0.4 is 0 Å². The molecule has 0 amide bonds. The monoisotopic (exact) mass is 1930 g/mol. The Morgan fingerprint density at radius 2 is 1.24 bits per heavy atom. The van der Waals surface area contributed by atoms with Crippen LogP contribution in [0.3, 0.4) is 0 Å². The maximum absolute atomic E-state index is 9.44. The van der Waals surface area contributed by atoms with E-state index < -0.39 is 0 Å². The molecule has 0 aliphatic carbocycles. The van der Waals surface area contributed by atoms with Crippen molar-refractivity contribution in [2.45, 2.75) is 67.3 Å². The Morgan fingerprint density at radius 3 is 1.92 bits per heavy atom. The van der Waals surface area contributed by atoms with E-state index in [9.17, 15) is 5.26 Å². The van der Waals surface area contributed by atoms with Crippen molar-refractivity contribution in [3.8, 4) is 74.1 Å². The number of nitriles is 1. The molecule has 15 nitrogen and oxygen atoms in total. The van der Waals surface area contributed by atoms with Gasteiger partial charge in [0.05, 0.1) is 23.9 Å². The predicted molar refractivity (Wildman–Crippen MR) is 346 cm³/mol. The number of hydrogen-bond acceptors (Lipinski definition) is 9. The number of para-hydroxylation sites is 1. The van der Waals surface area contributed by atoms with E-state index in [2.05, 4.69) is 186 Å². The van der Waals surface area contributed by atoms with E-state index in [4.69, 9.17) is 19.7 Å². The molecule has 1 aliphatic heterocycles. The van der Waals surface area contributed by atoms with E-state index in [-0.39, 0.29) is 92.2 Å². The zero-order valence-electron chi connectivity index (χ0n) is 50.8. The van der Waals surface area contributed by atoms with E-state index in [0.29, 0.717) is 23.2 Å². The van der Waals surface area contributed by atoms with Crippen LogP contribution in [-0.2, 0) is 100 Å². The van der Waals surface area contributed by atoms with Crippen LogP contribution in [0.15, 0.2) is 158 Å². The molecule has 4 radical (unpaired) electrons. The average molecular weight is 1930 g/mol. The molecule has 0 saturated carbocycles. The molecule has 6 heterocycles. The fourth-order valence-corrected chi connectivity index (χ4v) is 11.9. The summed E-state index contributed by atoms with van der Waals surface area (Å²) >= 11 is 1.76. The predicted octanol–water partition coefficient (Wildman–Crippen LogP) is 16.8. The second kappa shape index (κ2) is 31.9. The molecule has 0 N–H and O–H groups in total. The Kier molecular flexibility index (Phi) is 24.5. The van der Waals surface area contributed by atoms with Gasteiger partial charge in [0.1, 0.15) is 34.9 Å². The van der Waals surface area contributed by atoms with Crippen LogP contribution in [0.5, 0.6) is 0 Å². The zero-order valence-corrected chi connectivity index (χ0v) is 61.2. The van der Waals surface area contributed by atoms with Crippen LogP contribution >= 0.6 is 11.3 Å². The number of rotatable bonds is 7. The molecule has 14 rings (SSSR count). The molecule has 92 heavy (non-hydrogen) atoms. The molecule has 8 aromatic carbocycles. The molecule has 1 aliphatic rings. The summed E-state index contributed by atoms with van der Waals surface area (Å²) in [6.45, 7) is 34.8. The fraction of sp³-hybridized carbons (Fsp3) is 0.153. The Labute approximate surface area is 593 Å². The van der Waals surface area contributed by atoms with Crippen molar-refractivity contribution in [1.82, 2.24) is 53.8 Å². The molecular formula is C72H55Ir4N15S-4. The van der Waals surface area contributed by atoms with E-state index in [0.717, 1.165) is 103 Å². The van der Waals surface area contributed by atoms with Gasteiger partial charge in [-0.25, -0.2) is 4.98 Å². The van der Waals surface area contributed by atoms with Crippen molar-refractivity contribution in [1.29, 1.82) is 5.26 Å². The van der Waals surface area contributed by atoms with Gasteiger partial charge in [0.25, 0.3) is 0 Å². The second-order valence-electron chi connectivity index (χ2n) is 21.1. The van der Waals surface area contributed by atoms with Crippen molar-refractivity contribution >= 4 is 49.0 Å². The Bertz CT molecular complexity index is 4870. The third kappa shape index (κ3) is 15.2. The molecule has 0 unspecified atom stereocenters. The maximum Gasteiger partial charge on any atom is 0.352 e. The summed E-state index contributed by atoms with van der Waals surface area (Å²) in [5, 5.41) is 32.6. The van der Waals surface area contributed by atoms with Crippen molar-refractivity contribution in [2.24, 2.45) is 7.05 Å². The Hall–Kier alpha value is -8.83. The first-order valence-corrected chi connectivity index (χ1v) is 29.1. The van der Waals surface area contributed by atoms with Gasteiger partial charge in [-0.05, 0) is 96.5 Å². The Balaban J connectivity index is 0.000000175. The number of fused-ring (bicyclic) bond motifs is 4. The smallest absolute Gasteiger partial charge is 0.352 e. The summed E-state index contributed by atoms with van der Waals surface area (Å²) in [4.78, 5) is 19.4. The van der Waals surface area contributed by atoms with Crippen LogP contribution in [0.25, 0.3) is 103 Å². The third-order valence-electron chi connectivity index (χ3n) is 15.0. The van der Waals surface area contributed by atoms with Crippen LogP contribution in [-0.4, -0.2) is 53.8 Å². The molecule has 0 saturated heterocycles. The van der Waals surface area contributed by atoms with Gasteiger partial charge in [0.2, 0.25) is 11.6 Å². The normalized spacial score (nSPS) is 10.9. The number of aryl methyl sites for hydroxylation is 7. The van der Waals surface area contributed by atoms with Crippen LogP contribution in [0.2, 0.25) is 0 Å². The van der Waals surface area contributed by atoms with Gasteiger partial charge in [-0.3, -0.25) is 19.1 Å². The van der Waals surface area contributed by atoms with Gasteiger partial charge in [-0.2, -0.15) is 27.8 Å². The standard InChI is InChI=1S/C24H17N4S.C19H16N3.C16H11N4.C13H11N4.4Ir/c1-14-10-15(2)23(16(3)11-14)28-24(26-22(13-25)27-28)17-8-9-21-19(12-17)18-6-4-5-7-20(18)29-21;1-13-8-10-16(11-9-13)19-21-12-17(20-4)22(19)18-14(2)6-5-7-15(18)3;1-17-16-19-18-15(20(16)2)14-10-6-9-13(11-14)12-7-4-3-5-8-12;1-14-11-6-4-5-10(9-11)13-16-15-12-7-2-3-8-17(12)13;;;;/h4-7,9-12H,1-3H3;5-10,12H,1-3H3;3-9,11H,2H3;4,6,9H,2-3,7-8H2;;;;/q4*-1;;;;. The number of nitrogens with zero attached hydrogens (tertiary/aromatic N) is 15. The average Bonchev–Trinajstić information content (AvgIpc) is 1.85. The summed E-state index contributed by atoms with van der Waals surface area (Å²) < 4.78 is 9.96. The minimum absolute atomic E-state index is 0. The summed E-state index contributed by atoms with van der Waals surface area (Å²) in [6, 6.07) is 65.2. The SMILES string of the molecule is Cc1cc(C)c(-n2nc(C#N)nc2-c2[c-]cc3sc4ccccc4c3c2)c(C)c1.[C-]#[N+]c1cc[c-]c(-c2nnc3n2CCCC3)c1.[C-]#[N+]c1cnc(-c2[c-]cc(C)cc2)n1-c1c(C)cccc1C.[C-]#[N+]c1nnc(-c2[c-]ccc(-c3ccccc3)c2)n1C.[Ir].[Ir].[Ir].[Ir]. The number of benzene rings is 8. The number of hydrogen-bond donors (Lipinski definition) is 0. The molecule has 464 valence electrons. The van der Waals surface area contributed by atoms with Gasteiger partial charge in [0.15, 0.2) is 0 Å². The van der Waals surface area contributed by atoms with Crippen molar-refractivity contribution in [3.63, 3.8) is 0 Å². The van der Waals surface area contributed by atoms with Gasteiger partial charge < -0.3 is 18.8 Å². The van der Waals surface area contributed by atoms with Gasteiger partial charge in [-0.1, -0.05) is 114 Å².